The molecule has 0 bridgehead atoms. The standard InChI is InChI=1S/C31H37N3O3/c35-29-22-33(21-18-31(29)17-7-19-34(31)20-16-25-8-3-1-4-9-25)23-30(36)32-27-12-14-28(15-13-27)37-24-26-10-5-2-6-11-26/h1-6,8-15,29,35H,7,16-24H2,(H,32,36)/t29-,31-/m0/s1. The van der Waals surface area contributed by atoms with Crippen LogP contribution in [0.5, 0.6) is 5.75 Å². The quantitative estimate of drug-likeness (QED) is 0.458. The number of hydrogen-bond donors (Lipinski definition) is 2. The number of carbonyl (C=O) groups excluding carboxylic acids is 1. The topological polar surface area (TPSA) is 65.0 Å². The Labute approximate surface area is 219 Å². The van der Waals surface area contributed by atoms with Crippen LogP contribution in [0.15, 0.2) is 84.9 Å². The number of aliphatic hydroxyl groups excluding tert-OH is 1. The van der Waals surface area contributed by atoms with Crippen LogP contribution in [0.25, 0.3) is 0 Å². The maximum Gasteiger partial charge on any atom is 0.238 e. The minimum Gasteiger partial charge on any atom is -0.489 e. The Morgan fingerprint density at radius 2 is 1.62 bits per heavy atom. The van der Waals surface area contributed by atoms with Gasteiger partial charge in [-0.1, -0.05) is 60.7 Å². The number of amides is 1. The Morgan fingerprint density at radius 3 is 2.32 bits per heavy atom. The van der Waals surface area contributed by atoms with E-state index in [2.05, 4.69) is 39.4 Å². The zero-order valence-corrected chi connectivity index (χ0v) is 21.4. The Kier molecular flexibility index (Phi) is 8.19. The lowest BCUT2D eigenvalue weighted by atomic mass is 9.82. The highest BCUT2D eigenvalue weighted by molar-refractivity contribution is 5.92. The third kappa shape index (κ3) is 6.39. The van der Waals surface area contributed by atoms with E-state index in [4.69, 9.17) is 4.74 Å². The molecule has 0 aliphatic carbocycles. The van der Waals surface area contributed by atoms with Crippen molar-refractivity contribution in [2.45, 2.75) is 43.9 Å². The number of nitrogens with zero attached hydrogens (tertiary/aromatic N) is 2. The first-order chi connectivity index (χ1) is 18.1. The van der Waals surface area contributed by atoms with Crippen molar-refractivity contribution in [3.63, 3.8) is 0 Å². The second kappa shape index (κ2) is 11.9. The molecule has 0 radical (unpaired) electrons. The van der Waals surface area contributed by atoms with Crippen molar-refractivity contribution in [1.82, 2.24) is 9.80 Å². The van der Waals surface area contributed by atoms with Gasteiger partial charge in [0.25, 0.3) is 0 Å². The summed E-state index contributed by atoms with van der Waals surface area (Å²) in [4.78, 5) is 17.3. The average Bonchev–Trinajstić information content (AvgIpc) is 3.34. The van der Waals surface area contributed by atoms with Gasteiger partial charge in [-0.3, -0.25) is 14.6 Å². The fourth-order valence-corrected chi connectivity index (χ4v) is 5.81. The number of β-amino-alcohol motifs (C(OH)–C–C–N with tert-alkyl or cyclic N) is 1. The van der Waals surface area contributed by atoms with Gasteiger partial charge in [-0.05, 0) is 67.6 Å². The maximum atomic E-state index is 12.7. The van der Waals surface area contributed by atoms with E-state index in [0.717, 1.165) is 62.3 Å². The van der Waals surface area contributed by atoms with Gasteiger partial charge < -0.3 is 15.2 Å². The molecule has 2 atom stereocenters. The van der Waals surface area contributed by atoms with Gasteiger partial charge in [-0.2, -0.15) is 0 Å². The van der Waals surface area contributed by atoms with Crippen molar-refractivity contribution in [2.75, 3.05) is 38.0 Å². The Hall–Kier alpha value is -3.19. The fraction of sp³-hybridized carbons (Fsp3) is 0.387. The summed E-state index contributed by atoms with van der Waals surface area (Å²) in [5.74, 6) is 0.702. The summed E-state index contributed by atoms with van der Waals surface area (Å²) in [6.07, 6.45) is 3.59. The molecule has 3 aromatic carbocycles. The third-order valence-corrected chi connectivity index (χ3v) is 7.85. The van der Waals surface area contributed by atoms with Crippen LogP contribution in [0, 0.1) is 0 Å². The molecule has 1 spiro atoms. The van der Waals surface area contributed by atoms with Gasteiger partial charge in [-0.25, -0.2) is 0 Å². The van der Waals surface area contributed by atoms with Gasteiger partial charge in [0.05, 0.1) is 12.6 Å². The van der Waals surface area contributed by atoms with Gasteiger partial charge in [0.1, 0.15) is 12.4 Å². The summed E-state index contributed by atoms with van der Waals surface area (Å²) in [6, 6.07) is 28.1. The minimum absolute atomic E-state index is 0.0616. The molecular weight excluding hydrogens is 462 g/mol. The number of anilines is 1. The molecule has 6 nitrogen and oxygen atoms in total. The largest absolute Gasteiger partial charge is 0.489 e. The average molecular weight is 500 g/mol. The normalized spacial score (nSPS) is 22.2. The second-order valence-corrected chi connectivity index (χ2v) is 10.3. The van der Waals surface area contributed by atoms with Crippen LogP contribution < -0.4 is 10.1 Å². The second-order valence-electron chi connectivity index (χ2n) is 10.3. The van der Waals surface area contributed by atoms with Crippen LogP contribution in [-0.2, 0) is 17.8 Å². The maximum absolute atomic E-state index is 12.7. The molecule has 2 aliphatic rings. The van der Waals surface area contributed by atoms with E-state index in [1.165, 1.54) is 5.56 Å². The highest BCUT2D eigenvalue weighted by Crippen LogP contribution is 2.38. The minimum atomic E-state index is -0.451. The summed E-state index contributed by atoms with van der Waals surface area (Å²) >= 11 is 0. The van der Waals surface area contributed by atoms with Crippen molar-refractivity contribution in [1.29, 1.82) is 0 Å². The molecule has 37 heavy (non-hydrogen) atoms. The zero-order chi connectivity index (χ0) is 25.5. The summed E-state index contributed by atoms with van der Waals surface area (Å²) in [7, 11) is 0. The van der Waals surface area contributed by atoms with Crippen LogP contribution in [-0.4, -0.2) is 65.2 Å². The van der Waals surface area contributed by atoms with Gasteiger partial charge in [-0.15, -0.1) is 0 Å². The van der Waals surface area contributed by atoms with Crippen LogP contribution in [0.3, 0.4) is 0 Å². The highest BCUT2D eigenvalue weighted by Gasteiger charge is 2.49. The monoisotopic (exact) mass is 499 g/mol. The number of carbonyl (C=O) groups is 1. The third-order valence-electron chi connectivity index (χ3n) is 7.85. The number of nitrogens with one attached hydrogen (secondary N) is 1. The lowest BCUT2D eigenvalue weighted by molar-refractivity contribution is -0.120. The molecule has 0 unspecified atom stereocenters. The number of benzene rings is 3. The highest BCUT2D eigenvalue weighted by atomic mass is 16.5. The Balaban J connectivity index is 1.09. The Morgan fingerprint density at radius 1 is 0.919 bits per heavy atom. The number of aliphatic hydroxyl groups is 1. The Bertz CT molecular complexity index is 1140. The lowest BCUT2D eigenvalue weighted by Crippen LogP contribution is -2.62. The summed E-state index contributed by atoms with van der Waals surface area (Å²) in [5, 5.41) is 14.2. The molecular formula is C31H37N3O3. The van der Waals surface area contributed by atoms with E-state index in [1.54, 1.807) is 0 Å². The predicted octanol–water partition coefficient (Wildman–Crippen LogP) is 4.35. The van der Waals surface area contributed by atoms with E-state index in [-0.39, 0.29) is 18.0 Å². The molecule has 1 amide bonds. The van der Waals surface area contributed by atoms with Gasteiger partial charge in [0, 0.05) is 30.9 Å². The molecule has 2 heterocycles. The van der Waals surface area contributed by atoms with E-state index in [9.17, 15) is 9.90 Å². The van der Waals surface area contributed by atoms with Crippen LogP contribution in [0.4, 0.5) is 5.69 Å². The van der Waals surface area contributed by atoms with Gasteiger partial charge in [0.15, 0.2) is 0 Å². The number of hydrogen-bond acceptors (Lipinski definition) is 5. The smallest absolute Gasteiger partial charge is 0.238 e. The van der Waals surface area contributed by atoms with E-state index >= 15 is 0 Å². The fourth-order valence-electron chi connectivity index (χ4n) is 5.81. The van der Waals surface area contributed by atoms with Crippen molar-refractivity contribution < 1.29 is 14.6 Å². The SMILES string of the molecule is O=C(CN1CC[C@@]2(CCCN2CCc2ccccc2)[C@@H](O)C1)Nc1ccc(OCc2ccccc2)cc1. The predicted molar refractivity (Wildman–Crippen MR) is 147 cm³/mol. The first-order valence-electron chi connectivity index (χ1n) is 13.4. The van der Waals surface area contributed by atoms with Crippen molar-refractivity contribution >= 4 is 11.6 Å². The molecule has 6 heteroatoms. The summed E-state index contributed by atoms with van der Waals surface area (Å²) in [5.41, 5.74) is 3.04. The number of likely N-dealkylation sites (tertiary alicyclic amines) is 2. The van der Waals surface area contributed by atoms with Gasteiger partial charge in [0.2, 0.25) is 5.91 Å². The van der Waals surface area contributed by atoms with Crippen molar-refractivity contribution in [2.24, 2.45) is 0 Å². The van der Waals surface area contributed by atoms with E-state index in [0.29, 0.717) is 13.2 Å². The first kappa shape index (κ1) is 25.5. The van der Waals surface area contributed by atoms with Gasteiger partial charge >= 0.3 is 0 Å². The number of piperidine rings is 1. The van der Waals surface area contributed by atoms with Crippen molar-refractivity contribution in [3.05, 3.63) is 96.1 Å². The molecule has 194 valence electrons. The summed E-state index contributed by atoms with van der Waals surface area (Å²) in [6.45, 7) is 4.14. The molecule has 2 saturated heterocycles. The zero-order valence-electron chi connectivity index (χ0n) is 21.4. The van der Waals surface area contributed by atoms with Crippen LogP contribution >= 0.6 is 0 Å². The number of ether oxygens (including phenoxy) is 1. The summed E-state index contributed by atoms with van der Waals surface area (Å²) < 4.78 is 5.83. The lowest BCUT2D eigenvalue weighted by Gasteiger charge is -2.48. The van der Waals surface area contributed by atoms with E-state index in [1.807, 2.05) is 60.7 Å². The molecule has 0 aromatic heterocycles. The molecule has 2 N–H and O–H groups in total. The molecule has 2 aliphatic heterocycles. The molecule has 5 rings (SSSR count). The first-order valence-corrected chi connectivity index (χ1v) is 13.4. The molecule has 0 saturated carbocycles. The molecule has 2 fully saturated rings. The van der Waals surface area contributed by atoms with Crippen LogP contribution in [0.2, 0.25) is 0 Å². The van der Waals surface area contributed by atoms with Crippen molar-refractivity contribution in [3.8, 4) is 5.75 Å². The molecule has 3 aromatic rings. The number of rotatable bonds is 9. The van der Waals surface area contributed by atoms with Crippen LogP contribution in [0.1, 0.15) is 30.4 Å². The van der Waals surface area contributed by atoms with E-state index < -0.39 is 6.10 Å².